The summed E-state index contributed by atoms with van der Waals surface area (Å²) in [6.07, 6.45) is 6.00. The van der Waals surface area contributed by atoms with E-state index in [1.165, 1.54) is 12.1 Å². The van der Waals surface area contributed by atoms with Crippen LogP contribution in [0.25, 0.3) is 0 Å². The highest BCUT2D eigenvalue weighted by molar-refractivity contribution is 7.86. The fraction of sp³-hybridized carbons (Fsp3) is 0.348. The maximum Gasteiger partial charge on any atom is 0.297 e. The molecule has 3 aromatic rings. The Balaban J connectivity index is 1.42. The monoisotopic (exact) mass is 476 g/mol. The molecule has 2 atom stereocenters. The van der Waals surface area contributed by atoms with Crippen LogP contribution in [0.3, 0.4) is 0 Å². The van der Waals surface area contributed by atoms with Crippen LogP contribution in [0.2, 0.25) is 5.02 Å². The standard InChI is InChI=1S/C23H25ClN2O5S/c1-18-2-8-22(9-3-18)32(27,28)30-15-21-14-29-23(31-21,16-26-13-12-25-17-26)11-10-19-4-6-20(24)7-5-19/h2-9,12-13,17,21H,10-11,14-16H2,1H3/t21-,23-/m0/s1. The zero-order chi connectivity index (χ0) is 22.6. The van der Waals surface area contributed by atoms with Crippen LogP contribution in [-0.4, -0.2) is 43.1 Å². The van der Waals surface area contributed by atoms with Crippen molar-refractivity contribution >= 4 is 21.7 Å². The molecule has 1 aromatic heterocycles. The van der Waals surface area contributed by atoms with Crippen molar-refractivity contribution in [3.63, 3.8) is 0 Å². The Morgan fingerprint density at radius 3 is 2.62 bits per heavy atom. The topological polar surface area (TPSA) is 79.7 Å². The summed E-state index contributed by atoms with van der Waals surface area (Å²) in [6.45, 7) is 2.44. The Labute approximate surface area is 193 Å². The SMILES string of the molecule is Cc1ccc(S(=O)(=O)OC[C@@H]2CO[C@](CCc3ccc(Cl)cc3)(Cn3ccnc3)O2)cc1. The molecule has 1 fully saturated rings. The van der Waals surface area contributed by atoms with E-state index in [-0.39, 0.29) is 18.1 Å². The maximum absolute atomic E-state index is 12.5. The molecule has 4 rings (SSSR count). The van der Waals surface area contributed by atoms with E-state index in [0.29, 0.717) is 24.4 Å². The molecule has 0 saturated carbocycles. The van der Waals surface area contributed by atoms with Gasteiger partial charge in [0.1, 0.15) is 6.10 Å². The lowest BCUT2D eigenvalue weighted by molar-refractivity contribution is -0.184. The highest BCUT2D eigenvalue weighted by Gasteiger charge is 2.42. The molecule has 0 N–H and O–H groups in total. The summed E-state index contributed by atoms with van der Waals surface area (Å²) in [6, 6.07) is 14.2. The van der Waals surface area contributed by atoms with E-state index in [2.05, 4.69) is 4.98 Å². The van der Waals surface area contributed by atoms with Crippen molar-refractivity contribution in [3.05, 3.63) is 83.4 Å². The third kappa shape index (κ3) is 5.76. The van der Waals surface area contributed by atoms with E-state index in [9.17, 15) is 8.42 Å². The van der Waals surface area contributed by atoms with Crippen LogP contribution in [0.15, 0.2) is 72.1 Å². The first kappa shape index (κ1) is 22.9. The summed E-state index contributed by atoms with van der Waals surface area (Å²) in [4.78, 5) is 4.20. The van der Waals surface area contributed by atoms with Crippen LogP contribution in [0, 0.1) is 6.92 Å². The number of halogens is 1. The van der Waals surface area contributed by atoms with Crippen molar-refractivity contribution < 1.29 is 22.1 Å². The third-order valence-corrected chi connectivity index (χ3v) is 6.87. The molecule has 2 aromatic carbocycles. The lowest BCUT2D eigenvalue weighted by Crippen LogP contribution is -2.37. The molecule has 2 heterocycles. The van der Waals surface area contributed by atoms with E-state index in [4.69, 9.17) is 25.3 Å². The van der Waals surface area contributed by atoms with Gasteiger partial charge in [-0.25, -0.2) is 4.98 Å². The first-order valence-electron chi connectivity index (χ1n) is 10.3. The van der Waals surface area contributed by atoms with Gasteiger partial charge in [0.15, 0.2) is 5.79 Å². The molecule has 0 aliphatic carbocycles. The van der Waals surface area contributed by atoms with E-state index >= 15 is 0 Å². The van der Waals surface area contributed by atoms with E-state index in [1.807, 2.05) is 42.0 Å². The number of hydrogen-bond donors (Lipinski definition) is 0. The fourth-order valence-electron chi connectivity index (χ4n) is 3.57. The van der Waals surface area contributed by atoms with Gasteiger partial charge in [0.2, 0.25) is 0 Å². The van der Waals surface area contributed by atoms with Crippen molar-refractivity contribution in [1.82, 2.24) is 9.55 Å². The zero-order valence-corrected chi connectivity index (χ0v) is 19.3. The van der Waals surface area contributed by atoms with Gasteiger partial charge in [-0.2, -0.15) is 8.42 Å². The van der Waals surface area contributed by atoms with Gasteiger partial charge < -0.3 is 14.0 Å². The average Bonchev–Trinajstić information content (AvgIpc) is 3.43. The van der Waals surface area contributed by atoms with Gasteiger partial charge in [-0.3, -0.25) is 4.18 Å². The Morgan fingerprint density at radius 2 is 1.94 bits per heavy atom. The van der Waals surface area contributed by atoms with Crippen molar-refractivity contribution in [2.45, 2.75) is 43.1 Å². The minimum Gasteiger partial charge on any atom is -0.345 e. The summed E-state index contributed by atoms with van der Waals surface area (Å²) in [5.74, 6) is -0.915. The Bertz CT molecular complexity index is 1120. The summed E-state index contributed by atoms with van der Waals surface area (Å²) in [5.41, 5.74) is 2.08. The molecule has 0 unspecified atom stereocenters. The second kappa shape index (κ2) is 9.72. The third-order valence-electron chi connectivity index (χ3n) is 5.32. The summed E-state index contributed by atoms with van der Waals surface area (Å²) in [7, 11) is -3.87. The summed E-state index contributed by atoms with van der Waals surface area (Å²) < 4.78 is 44.5. The quantitative estimate of drug-likeness (QED) is 0.434. The van der Waals surface area contributed by atoms with E-state index in [1.54, 1.807) is 24.7 Å². The van der Waals surface area contributed by atoms with E-state index < -0.39 is 22.0 Å². The van der Waals surface area contributed by atoms with Crippen LogP contribution in [0.4, 0.5) is 0 Å². The molecule has 0 bridgehead atoms. The van der Waals surface area contributed by atoms with Crippen molar-refractivity contribution in [1.29, 1.82) is 0 Å². The second-order valence-corrected chi connectivity index (χ2v) is 9.93. The van der Waals surface area contributed by atoms with Crippen molar-refractivity contribution in [3.8, 4) is 0 Å². The van der Waals surface area contributed by atoms with Crippen LogP contribution < -0.4 is 0 Å². The Kier molecular flexibility index (Phi) is 6.97. The van der Waals surface area contributed by atoms with Crippen LogP contribution in [0.1, 0.15) is 17.5 Å². The molecule has 0 spiro atoms. The summed E-state index contributed by atoms with van der Waals surface area (Å²) >= 11 is 5.98. The van der Waals surface area contributed by atoms with Gasteiger partial charge in [0.05, 0.1) is 31.0 Å². The smallest absolute Gasteiger partial charge is 0.297 e. The number of rotatable bonds is 9. The molecule has 7 nitrogen and oxygen atoms in total. The number of benzene rings is 2. The first-order chi connectivity index (χ1) is 15.3. The number of hydrogen-bond acceptors (Lipinski definition) is 6. The minimum absolute atomic E-state index is 0.120. The molecule has 170 valence electrons. The molecular weight excluding hydrogens is 452 g/mol. The number of nitrogens with zero attached hydrogens (tertiary/aromatic N) is 2. The van der Waals surface area contributed by atoms with Gasteiger partial charge >= 0.3 is 0 Å². The van der Waals surface area contributed by atoms with Gasteiger partial charge in [0.25, 0.3) is 10.1 Å². The molecule has 0 radical (unpaired) electrons. The Morgan fingerprint density at radius 1 is 1.19 bits per heavy atom. The van der Waals surface area contributed by atoms with Crippen molar-refractivity contribution in [2.24, 2.45) is 0 Å². The summed E-state index contributed by atoms with van der Waals surface area (Å²) in [5, 5.41) is 0.683. The molecule has 9 heteroatoms. The van der Waals surface area contributed by atoms with Gasteiger partial charge in [-0.1, -0.05) is 41.4 Å². The second-order valence-electron chi connectivity index (χ2n) is 7.87. The van der Waals surface area contributed by atoms with Crippen molar-refractivity contribution in [2.75, 3.05) is 13.2 Å². The lowest BCUT2D eigenvalue weighted by atomic mass is 10.0. The highest BCUT2D eigenvalue weighted by atomic mass is 35.5. The number of aromatic nitrogens is 2. The fourth-order valence-corrected chi connectivity index (χ4v) is 4.64. The number of ether oxygens (including phenoxy) is 2. The normalized spacial score (nSPS) is 21.1. The van der Waals surface area contributed by atoms with Gasteiger partial charge in [0, 0.05) is 23.8 Å². The number of aryl methyl sites for hydroxylation is 2. The zero-order valence-electron chi connectivity index (χ0n) is 17.7. The predicted molar refractivity (Wildman–Crippen MR) is 120 cm³/mol. The lowest BCUT2D eigenvalue weighted by Gasteiger charge is -2.28. The first-order valence-corrected chi connectivity index (χ1v) is 12.1. The minimum atomic E-state index is -3.87. The highest BCUT2D eigenvalue weighted by Crippen LogP contribution is 2.31. The molecule has 32 heavy (non-hydrogen) atoms. The predicted octanol–water partition coefficient (Wildman–Crippen LogP) is 3.99. The van der Waals surface area contributed by atoms with Crippen LogP contribution >= 0.6 is 11.6 Å². The van der Waals surface area contributed by atoms with Crippen LogP contribution in [-0.2, 0) is 36.7 Å². The average molecular weight is 477 g/mol. The molecule has 1 aliphatic heterocycles. The number of imidazole rings is 1. The maximum atomic E-state index is 12.5. The van der Waals surface area contributed by atoms with Gasteiger partial charge in [-0.05, 0) is 43.2 Å². The molecule has 0 amide bonds. The van der Waals surface area contributed by atoms with Gasteiger partial charge in [-0.15, -0.1) is 0 Å². The molecular formula is C23H25ClN2O5S. The molecule has 1 saturated heterocycles. The largest absolute Gasteiger partial charge is 0.345 e. The van der Waals surface area contributed by atoms with Crippen LogP contribution in [0.5, 0.6) is 0 Å². The molecule has 1 aliphatic rings. The Hall–Kier alpha value is -2.23. The van der Waals surface area contributed by atoms with E-state index in [0.717, 1.165) is 11.1 Å².